The van der Waals surface area contributed by atoms with E-state index in [0.29, 0.717) is 32.8 Å². The molecule has 0 atom stereocenters. The lowest BCUT2D eigenvalue weighted by Gasteiger charge is -2.29. The van der Waals surface area contributed by atoms with E-state index in [9.17, 15) is 9.59 Å². The first-order chi connectivity index (χ1) is 16.0. The van der Waals surface area contributed by atoms with Crippen LogP contribution in [0.2, 0.25) is 0 Å². The van der Waals surface area contributed by atoms with Crippen LogP contribution in [0.15, 0.2) is 50.8 Å². The Morgan fingerprint density at radius 2 is 2.06 bits per heavy atom. The molecule has 2 aliphatic rings. The van der Waals surface area contributed by atoms with Gasteiger partial charge >= 0.3 is 0 Å². The van der Waals surface area contributed by atoms with Crippen LogP contribution in [0, 0.1) is 6.92 Å². The number of nitrogens with one attached hydrogen (secondary N) is 1. The maximum Gasteiger partial charge on any atom is 0.267 e. The summed E-state index contributed by atoms with van der Waals surface area (Å²) in [7, 11) is 0. The second-order valence-corrected chi connectivity index (χ2v) is 10.1. The van der Waals surface area contributed by atoms with E-state index in [4.69, 9.17) is 16.6 Å². The summed E-state index contributed by atoms with van der Waals surface area (Å²) in [6.45, 7) is 2.29. The number of hydrogen-bond donors (Lipinski definition) is 1. The van der Waals surface area contributed by atoms with Gasteiger partial charge in [0.1, 0.15) is 21.5 Å². The molecule has 1 saturated heterocycles. The summed E-state index contributed by atoms with van der Waals surface area (Å²) in [4.78, 5) is 33.6. The molecule has 3 aromatic heterocycles. The highest BCUT2D eigenvalue weighted by Crippen LogP contribution is 2.37. The predicted octanol–water partition coefficient (Wildman–Crippen LogP) is 4.74. The number of carbonyl (C=O) groups is 1. The topological polar surface area (TPSA) is 79.8 Å². The van der Waals surface area contributed by atoms with Crippen LogP contribution in [0.1, 0.15) is 49.0 Å². The highest BCUT2D eigenvalue weighted by molar-refractivity contribution is 8.26. The lowest BCUT2D eigenvalue weighted by Crippen LogP contribution is -2.39. The second kappa shape index (κ2) is 9.15. The molecule has 7 nitrogen and oxygen atoms in total. The fourth-order valence-corrected chi connectivity index (χ4v) is 5.75. The Hall–Kier alpha value is -2.91. The van der Waals surface area contributed by atoms with E-state index < -0.39 is 0 Å². The quantitative estimate of drug-likeness (QED) is 0.417. The number of aromatic nitrogens is 2. The number of hydrogen-bond acceptors (Lipinski definition) is 7. The molecule has 1 N–H and O–H groups in total. The number of rotatable bonds is 5. The van der Waals surface area contributed by atoms with E-state index >= 15 is 0 Å². The average Bonchev–Trinajstić information content (AvgIpc) is 3.43. The number of amides is 1. The van der Waals surface area contributed by atoms with Gasteiger partial charge < -0.3 is 9.73 Å². The number of thioether (sulfide) groups is 1. The Balaban J connectivity index is 1.55. The molecule has 170 valence electrons. The predicted molar refractivity (Wildman–Crippen MR) is 134 cm³/mol. The molecule has 0 unspecified atom stereocenters. The Kier molecular flexibility index (Phi) is 6.07. The molecule has 0 spiro atoms. The van der Waals surface area contributed by atoms with Gasteiger partial charge in [0.2, 0.25) is 0 Å². The Morgan fingerprint density at radius 1 is 1.24 bits per heavy atom. The van der Waals surface area contributed by atoms with E-state index in [1.54, 1.807) is 35.6 Å². The molecule has 4 heterocycles. The van der Waals surface area contributed by atoms with Crippen molar-refractivity contribution in [2.24, 2.45) is 0 Å². The third kappa shape index (κ3) is 4.35. The van der Waals surface area contributed by atoms with Crippen molar-refractivity contribution in [1.29, 1.82) is 0 Å². The number of nitrogens with zero attached hydrogens (tertiary/aromatic N) is 3. The number of pyridine rings is 1. The summed E-state index contributed by atoms with van der Waals surface area (Å²) in [6, 6.07) is 7.51. The molecule has 9 heteroatoms. The molecule has 33 heavy (non-hydrogen) atoms. The highest BCUT2D eigenvalue weighted by Gasteiger charge is 2.37. The molecule has 5 rings (SSSR count). The molecule has 3 aromatic rings. The van der Waals surface area contributed by atoms with Crippen molar-refractivity contribution >= 4 is 51.7 Å². The number of thiocarbonyl (C=S) groups is 1. The maximum atomic E-state index is 13.5. The number of furan rings is 1. The first-order valence-electron chi connectivity index (χ1n) is 11.1. The molecule has 0 bridgehead atoms. The van der Waals surface area contributed by atoms with Gasteiger partial charge in [0, 0.05) is 12.2 Å². The summed E-state index contributed by atoms with van der Waals surface area (Å²) in [5.41, 5.74) is 1.55. The van der Waals surface area contributed by atoms with Crippen LogP contribution in [-0.2, 0) is 11.3 Å². The summed E-state index contributed by atoms with van der Waals surface area (Å²) in [5.74, 6) is 1.00. The smallest absolute Gasteiger partial charge is 0.267 e. The SMILES string of the molecule is Cc1ccc2nc(NCc3ccco3)c(C=C3SC(=S)N(C4CCCCC4)C3=O)c(=O)n2c1. The van der Waals surface area contributed by atoms with E-state index in [0.717, 1.165) is 37.0 Å². The zero-order chi connectivity index (χ0) is 22.9. The zero-order valence-corrected chi connectivity index (χ0v) is 19.9. The standard InChI is InChI=1S/C24H24N4O3S2/c1-15-9-10-20-26-21(25-13-17-8-5-11-31-17)18(22(29)27(20)14-15)12-19-23(30)28(24(32)33-19)16-6-3-2-4-7-16/h5,8-12,14,16,25H,2-4,6-7,13H2,1H3. The molecule has 2 fully saturated rings. The zero-order valence-electron chi connectivity index (χ0n) is 18.2. The van der Waals surface area contributed by atoms with Crippen LogP contribution in [0.5, 0.6) is 0 Å². The monoisotopic (exact) mass is 480 g/mol. The molecule has 1 saturated carbocycles. The Labute approximate surface area is 200 Å². The molecular weight excluding hydrogens is 456 g/mol. The number of carbonyl (C=O) groups excluding carboxylic acids is 1. The van der Waals surface area contributed by atoms with Crippen molar-refractivity contribution in [2.45, 2.75) is 51.6 Å². The van der Waals surface area contributed by atoms with Gasteiger partial charge in [-0.05, 0) is 49.6 Å². The molecule has 1 aliphatic carbocycles. The van der Waals surface area contributed by atoms with Crippen LogP contribution in [-0.4, -0.2) is 30.6 Å². The Bertz CT molecular complexity index is 1310. The van der Waals surface area contributed by atoms with Gasteiger partial charge in [-0.15, -0.1) is 0 Å². The molecular formula is C24H24N4O3S2. The van der Waals surface area contributed by atoms with E-state index in [1.165, 1.54) is 22.6 Å². The lowest BCUT2D eigenvalue weighted by molar-refractivity contribution is -0.124. The van der Waals surface area contributed by atoms with Crippen LogP contribution < -0.4 is 10.9 Å². The van der Waals surface area contributed by atoms with E-state index in [-0.39, 0.29) is 17.5 Å². The molecule has 1 aliphatic heterocycles. The first kappa shape index (κ1) is 21.9. The number of anilines is 1. The average molecular weight is 481 g/mol. The molecule has 0 radical (unpaired) electrons. The van der Waals surface area contributed by atoms with Crippen LogP contribution >= 0.6 is 24.0 Å². The van der Waals surface area contributed by atoms with Gasteiger partial charge in [0.25, 0.3) is 11.5 Å². The van der Waals surface area contributed by atoms with Crippen LogP contribution in [0.3, 0.4) is 0 Å². The third-order valence-electron chi connectivity index (χ3n) is 6.05. The van der Waals surface area contributed by atoms with Crippen molar-refractivity contribution in [3.05, 3.63) is 68.9 Å². The van der Waals surface area contributed by atoms with Crippen molar-refractivity contribution in [3.63, 3.8) is 0 Å². The number of aryl methyl sites for hydroxylation is 1. The third-order valence-corrected chi connectivity index (χ3v) is 7.38. The Morgan fingerprint density at radius 3 is 2.82 bits per heavy atom. The normalized spacial score (nSPS) is 18.6. The molecule has 1 amide bonds. The largest absolute Gasteiger partial charge is 0.467 e. The van der Waals surface area contributed by atoms with Crippen LogP contribution in [0.4, 0.5) is 5.82 Å². The van der Waals surface area contributed by atoms with Gasteiger partial charge in [-0.25, -0.2) is 4.98 Å². The van der Waals surface area contributed by atoms with E-state index in [1.807, 2.05) is 19.1 Å². The fraction of sp³-hybridized carbons (Fsp3) is 0.333. The fourth-order valence-electron chi connectivity index (χ4n) is 4.37. The summed E-state index contributed by atoms with van der Waals surface area (Å²) in [5, 5.41) is 3.21. The summed E-state index contributed by atoms with van der Waals surface area (Å²) in [6.07, 6.45) is 10.3. The van der Waals surface area contributed by atoms with Crippen LogP contribution in [0.25, 0.3) is 11.7 Å². The van der Waals surface area contributed by atoms with Gasteiger partial charge in [0.05, 0.1) is 23.3 Å². The lowest BCUT2D eigenvalue weighted by atomic mass is 9.94. The van der Waals surface area contributed by atoms with Gasteiger partial charge in [0.15, 0.2) is 0 Å². The minimum atomic E-state index is -0.242. The summed E-state index contributed by atoms with van der Waals surface area (Å²) < 4.78 is 7.48. The maximum absolute atomic E-state index is 13.5. The van der Waals surface area contributed by atoms with Gasteiger partial charge in [-0.3, -0.25) is 18.9 Å². The van der Waals surface area contributed by atoms with Crippen molar-refractivity contribution in [1.82, 2.24) is 14.3 Å². The second-order valence-electron chi connectivity index (χ2n) is 8.39. The van der Waals surface area contributed by atoms with E-state index in [2.05, 4.69) is 10.3 Å². The van der Waals surface area contributed by atoms with Gasteiger partial charge in [-0.1, -0.05) is 49.3 Å². The first-order valence-corrected chi connectivity index (χ1v) is 12.3. The number of fused-ring (bicyclic) bond motifs is 1. The van der Waals surface area contributed by atoms with Gasteiger partial charge in [-0.2, -0.15) is 0 Å². The van der Waals surface area contributed by atoms with Crippen molar-refractivity contribution in [2.75, 3.05) is 5.32 Å². The van der Waals surface area contributed by atoms with Crippen molar-refractivity contribution in [3.8, 4) is 0 Å². The summed E-state index contributed by atoms with van der Waals surface area (Å²) >= 11 is 6.82. The minimum Gasteiger partial charge on any atom is -0.467 e. The van der Waals surface area contributed by atoms with Crippen molar-refractivity contribution < 1.29 is 9.21 Å². The highest BCUT2D eigenvalue weighted by atomic mass is 32.2. The minimum absolute atomic E-state index is 0.123. The molecule has 0 aromatic carbocycles.